The van der Waals surface area contributed by atoms with Gasteiger partial charge in [0.2, 0.25) is 0 Å². The summed E-state index contributed by atoms with van der Waals surface area (Å²) in [5.41, 5.74) is -0.910. The molecule has 0 bridgehead atoms. The number of nitrogens with zero attached hydrogens (tertiary/aromatic N) is 2. The number of rotatable bonds is 4. The second kappa shape index (κ2) is 7.55. The van der Waals surface area contributed by atoms with Crippen molar-refractivity contribution in [1.29, 1.82) is 0 Å². The zero-order chi connectivity index (χ0) is 20.4. The quantitative estimate of drug-likeness (QED) is 0.695. The number of esters is 1. The molecule has 0 unspecified atom stereocenters. The Morgan fingerprint density at radius 2 is 1.82 bits per heavy atom. The van der Waals surface area contributed by atoms with Crippen LogP contribution in [0.4, 0.5) is 14.5 Å². The lowest BCUT2D eigenvalue weighted by molar-refractivity contribution is -0.123. The lowest BCUT2D eigenvalue weighted by Gasteiger charge is -2.14. The first-order valence-corrected chi connectivity index (χ1v) is 8.21. The number of fused-ring (bicyclic) bond motifs is 1. The maximum atomic E-state index is 13.6. The van der Waals surface area contributed by atoms with Crippen molar-refractivity contribution >= 4 is 28.3 Å². The van der Waals surface area contributed by atoms with Crippen molar-refractivity contribution in [3.63, 3.8) is 0 Å². The van der Waals surface area contributed by atoms with Crippen molar-refractivity contribution < 1.29 is 23.1 Å². The summed E-state index contributed by atoms with van der Waals surface area (Å²) in [5.74, 6) is -3.36. The van der Waals surface area contributed by atoms with Crippen molar-refractivity contribution in [3.05, 3.63) is 70.1 Å². The lowest BCUT2D eigenvalue weighted by Crippen LogP contribution is -2.31. The van der Waals surface area contributed by atoms with E-state index in [1.807, 2.05) is 0 Å². The minimum Gasteiger partial charge on any atom is -0.448 e. The molecule has 3 rings (SSSR count). The van der Waals surface area contributed by atoms with Gasteiger partial charge in [-0.15, -0.1) is 0 Å². The number of ether oxygens (including phenoxy) is 1. The van der Waals surface area contributed by atoms with Crippen molar-refractivity contribution in [2.45, 2.75) is 13.0 Å². The molecule has 1 N–H and O–H groups in total. The van der Waals surface area contributed by atoms with E-state index >= 15 is 0 Å². The van der Waals surface area contributed by atoms with E-state index in [-0.39, 0.29) is 27.7 Å². The minimum atomic E-state index is -1.33. The SMILES string of the molecule is C[C@H](OC(=O)c1nn(C)c(=O)c2ccccc12)C(=O)Nc1cc(F)ccc1F. The molecular formula is C19H15F2N3O4. The number of carbonyl (C=O) groups is 2. The van der Waals surface area contributed by atoms with Crippen LogP contribution >= 0.6 is 0 Å². The minimum absolute atomic E-state index is 0.144. The molecule has 0 saturated carbocycles. The Labute approximate surface area is 157 Å². The molecule has 144 valence electrons. The summed E-state index contributed by atoms with van der Waals surface area (Å²) in [6.45, 7) is 1.27. The Morgan fingerprint density at radius 1 is 1.14 bits per heavy atom. The number of aromatic nitrogens is 2. The molecule has 7 nitrogen and oxygen atoms in total. The summed E-state index contributed by atoms with van der Waals surface area (Å²) in [5, 5.41) is 6.62. The molecule has 1 amide bonds. The molecule has 0 aliphatic carbocycles. The van der Waals surface area contributed by atoms with Gasteiger partial charge in [0.15, 0.2) is 11.8 Å². The third kappa shape index (κ3) is 3.73. The van der Waals surface area contributed by atoms with Gasteiger partial charge in [0.25, 0.3) is 11.5 Å². The standard InChI is InChI=1S/C19H15F2N3O4/c1-10(17(25)22-15-9-11(20)7-8-14(15)21)28-19(27)16-12-5-3-4-6-13(12)18(26)24(2)23-16/h3-10H,1-2H3,(H,22,25)/t10-/m0/s1. The molecule has 2 aromatic carbocycles. The van der Waals surface area contributed by atoms with Crippen LogP contribution < -0.4 is 10.9 Å². The van der Waals surface area contributed by atoms with Crippen molar-refractivity contribution in [2.75, 3.05) is 5.32 Å². The van der Waals surface area contributed by atoms with Crippen LogP contribution in [0.25, 0.3) is 10.8 Å². The Balaban J connectivity index is 1.82. The number of hydrogen-bond acceptors (Lipinski definition) is 5. The van der Waals surface area contributed by atoms with Gasteiger partial charge in [0.1, 0.15) is 11.6 Å². The molecule has 0 saturated heterocycles. The number of amides is 1. The van der Waals surface area contributed by atoms with Crippen LogP contribution in [0.2, 0.25) is 0 Å². The topological polar surface area (TPSA) is 90.3 Å². The number of anilines is 1. The Kier molecular flexibility index (Phi) is 5.16. The second-order valence-electron chi connectivity index (χ2n) is 5.98. The molecule has 1 heterocycles. The van der Waals surface area contributed by atoms with Gasteiger partial charge in [0, 0.05) is 18.5 Å². The fourth-order valence-electron chi connectivity index (χ4n) is 2.55. The van der Waals surface area contributed by atoms with E-state index in [4.69, 9.17) is 4.74 Å². The maximum Gasteiger partial charge on any atom is 0.360 e. The van der Waals surface area contributed by atoms with Crippen LogP contribution in [0.1, 0.15) is 17.4 Å². The first-order chi connectivity index (χ1) is 13.3. The van der Waals surface area contributed by atoms with Crippen molar-refractivity contribution in [2.24, 2.45) is 7.05 Å². The number of benzene rings is 2. The lowest BCUT2D eigenvalue weighted by atomic mass is 10.1. The molecular weight excluding hydrogens is 372 g/mol. The molecule has 0 radical (unpaired) electrons. The van der Waals surface area contributed by atoms with Gasteiger partial charge < -0.3 is 10.1 Å². The monoisotopic (exact) mass is 387 g/mol. The molecule has 1 aromatic heterocycles. The molecule has 0 aliphatic heterocycles. The van der Waals surface area contributed by atoms with Gasteiger partial charge in [-0.1, -0.05) is 18.2 Å². The van der Waals surface area contributed by atoms with Crippen LogP contribution in [0.5, 0.6) is 0 Å². The van der Waals surface area contributed by atoms with Crippen LogP contribution in [-0.4, -0.2) is 27.8 Å². The Morgan fingerprint density at radius 3 is 2.54 bits per heavy atom. The van der Waals surface area contributed by atoms with Crippen molar-refractivity contribution in [1.82, 2.24) is 9.78 Å². The number of nitrogens with one attached hydrogen (secondary N) is 1. The average molecular weight is 387 g/mol. The molecule has 0 aliphatic rings. The number of aryl methyl sites for hydroxylation is 1. The normalized spacial score (nSPS) is 11.9. The third-order valence-corrected chi connectivity index (χ3v) is 3.99. The smallest absolute Gasteiger partial charge is 0.360 e. The zero-order valence-corrected chi connectivity index (χ0v) is 14.9. The maximum absolute atomic E-state index is 13.6. The third-order valence-electron chi connectivity index (χ3n) is 3.99. The van der Waals surface area contributed by atoms with Crippen LogP contribution in [0, 0.1) is 11.6 Å². The Hall–Kier alpha value is -3.62. The molecule has 28 heavy (non-hydrogen) atoms. The highest BCUT2D eigenvalue weighted by Crippen LogP contribution is 2.17. The summed E-state index contributed by atoms with van der Waals surface area (Å²) in [6, 6.07) is 8.93. The molecule has 0 spiro atoms. The van der Waals surface area contributed by atoms with Gasteiger partial charge in [-0.2, -0.15) is 5.10 Å². The van der Waals surface area contributed by atoms with E-state index in [0.717, 1.165) is 22.9 Å². The zero-order valence-electron chi connectivity index (χ0n) is 14.9. The van der Waals surface area contributed by atoms with E-state index < -0.39 is 29.6 Å². The highest BCUT2D eigenvalue weighted by molar-refractivity contribution is 6.03. The van der Waals surface area contributed by atoms with Crippen molar-refractivity contribution in [3.8, 4) is 0 Å². The van der Waals surface area contributed by atoms with Gasteiger partial charge in [-0.3, -0.25) is 9.59 Å². The van der Waals surface area contributed by atoms with E-state index in [2.05, 4.69) is 10.4 Å². The first kappa shape index (κ1) is 19.2. The molecule has 9 heteroatoms. The molecule has 3 aromatic rings. The summed E-state index contributed by atoms with van der Waals surface area (Å²) >= 11 is 0. The highest BCUT2D eigenvalue weighted by Gasteiger charge is 2.23. The predicted molar refractivity (Wildman–Crippen MR) is 96.8 cm³/mol. The number of hydrogen-bond donors (Lipinski definition) is 1. The number of halogens is 2. The van der Waals surface area contributed by atoms with E-state index in [9.17, 15) is 23.2 Å². The summed E-state index contributed by atoms with van der Waals surface area (Å²) in [6.07, 6.45) is -1.33. The number of carbonyl (C=O) groups excluding carboxylic acids is 2. The van der Waals surface area contributed by atoms with Gasteiger partial charge >= 0.3 is 5.97 Å². The summed E-state index contributed by atoms with van der Waals surface area (Å²) in [7, 11) is 1.38. The average Bonchev–Trinajstić information content (AvgIpc) is 2.67. The fraction of sp³-hybridized carbons (Fsp3) is 0.158. The largest absolute Gasteiger partial charge is 0.448 e. The first-order valence-electron chi connectivity index (χ1n) is 8.21. The van der Waals surface area contributed by atoms with E-state index in [1.54, 1.807) is 18.2 Å². The van der Waals surface area contributed by atoms with Crippen LogP contribution in [0.15, 0.2) is 47.3 Å². The predicted octanol–water partition coefficient (Wildman–Crippen LogP) is 2.40. The summed E-state index contributed by atoms with van der Waals surface area (Å²) < 4.78 is 32.9. The summed E-state index contributed by atoms with van der Waals surface area (Å²) in [4.78, 5) is 36.8. The van der Waals surface area contributed by atoms with Crippen LogP contribution in [0.3, 0.4) is 0 Å². The molecule has 0 fully saturated rings. The molecule has 1 atom stereocenters. The van der Waals surface area contributed by atoms with Gasteiger partial charge in [0.05, 0.1) is 11.1 Å². The van der Waals surface area contributed by atoms with E-state index in [1.165, 1.54) is 20.0 Å². The van der Waals surface area contributed by atoms with Gasteiger partial charge in [-0.05, 0) is 25.1 Å². The fourth-order valence-corrected chi connectivity index (χ4v) is 2.55. The highest BCUT2D eigenvalue weighted by atomic mass is 19.1. The Bertz CT molecular complexity index is 1140. The van der Waals surface area contributed by atoms with E-state index in [0.29, 0.717) is 0 Å². The second-order valence-corrected chi connectivity index (χ2v) is 5.98. The van der Waals surface area contributed by atoms with Gasteiger partial charge in [-0.25, -0.2) is 18.3 Å². The van der Waals surface area contributed by atoms with Crippen LogP contribution in [-0.2, 0) is 16.6 Å².